The van der Waals surface area contributed by atoms with Crippen molar-refractivity contribution in [3.8, 4) is 11.6 Å². The summed E-state index contributed by atoms with van der Waals surface area (Å²) < 4.78 is 26.8. The first kappa shape index (κ1) is 33.2. The van der Waals surface area contributed by atoms with E-state index in [1.807, 2.05) is 39.0 Å². The Kier molecular flexibility index (Phi) is 10.1. The lowest BCUT2D eigenvalue weighted by molar-refractivity contribution is -0.137. The van der Waals surface area contributed by atoms with E-state index in [1.165, 1.54) is 11.0 Å². The normalized spacial score (nSPS) is 16.2. The van der Waals surface area contributed by atoms with Gasteiger partial charge in [-0.25, -0.2) is 14.4 Å². The molecular formula is C36H45FN4O5. The molecule has 2 aliphatic rings. The zero-order chi connectivity index (χ0) is 33.0. The molecule has 1 aliphatic carbocycles. The highest BCUT2D eigenvalue weighted by Crippen LogP contribution is 2.45. The van der Waals surface area contributed by atoms with Crippen LogP contribution < -0.4 is 19.3 Å². The molecule has 1 unspecified atom stereocenters. The molecule has 3 aromatic rings. The van der Waals surface area contributed by atoms with Gasteiger partial charge in [0.05, 0.1) is 31.4 Å². The van der Waals surface area contributed by atoms with Crippen molar-refractivity contribution in [3.63, 3.8) is 0 Å². The molecule has 1 aliphatic heterocycles. The van der Waals surface area contributed by atoms with Crippen molar-refractivity contribution in [1.29, 1.82) is 0 Å². The zero-order valence-electron chi connectivity index (χ0n) is 27.5. The molecule has 5 rings (SSSR count). The minimum absolute atomic E-state index is 0.0108. The molecule has 10 heteroatoms. The van der Waals surface area contributed by atoms with E-state index < -0.39 is 11.8 Å². The summed E-state index contributed by atoms with van der Waals surface area (Å²) in [5.41, 5.74) is 2.51. The van der Waals surface area contributed by atoms with Gasteiger partial charge in [-0.05, 0) is 91.7 Å². The van der Waals surface area contributed by atoms with Gasteiger partial charge in [-0.3, -0.25) is 14.5 Å². The third kappa shape index (κ3) is 8.33. The van der Waals surface area contributed by atoms with E-state index in [9.17, 15) is 14.7 Å². The van der Waals surface area contributed by atoms with Gasteiger partial charge in [0, 0.05) is 43.7 Å². The number of pyridine rings is 2. The number of hydrogen-bond donors (Lipinski definition) is 1. The molecule has 0 spiro atoms. The van der Waals surface area contributed by atoms with Gasteiger partial charge in [-0.1, -0.05) is 20.8 Å². The Hall–Kier alpha value is -4.21. The van der Waals surface area contributed by atoms with Crippen LogP contribution in [0.25, 0.3) is 0 Å². The molecule has 0 bridgehead atoms. The highest BCUT2D eigenvalue weighted by atomic mass is 19.1. The highest BCUT2D eigenvalue weighted by molar-refractivity contribution is 6.09. The Morgan fingerprint density at radius 3 is 2.48 bits per heavy atom. The molecule has 1 aromatic carbocycles. The standard InChI is InChI=1S/C36H45FN4O5/c1-23-6-11-30(37)34(39-23)41(22-36(2,3)4)35(44)28-10-9-27(45-5)19-31(28)40-16-13-24(14-17-40)21-46-32-18-26(12-15-38-32)29(20-33(42)43)25-7-8-25/h6,9-12,15,18-19,24-25,29H,7-8,13-14,16-17,20-22H2,1-5H3,(H,42,43). The molecule has 2 aromatic heterocycles. The van der Waals surface area contributed by atoms with E-state index in [-0.39, 0.29) is 41.9 Å². The van der Waals surface area contributed by atoms with Crippen LogP contribution >= 0.6 is 0 Å². The van der Waals surface area contributed by atoms with Crippen molar-refractivity contribution >= 4 is 23.4 Å². The van der Waals surface area contributed by atoms with Crippen molar-refractivity contribution in [1.82, 2.24) is 9.97 Å². The largest absolute Gasteiger partial charge is 0.497 e. The second-order valence-corrected chi connectivity index (χ2v) is 13.8. The Morgan fingerprint density at radius 1 is 1.09 bits per heavy atom. The molecule has 2 fully saturated rings. The number of anilines is 2. The molecule has 1 amide bonds. The van der Waals surface area contributed by atoms with Gasteiger partial charge in [0.25, 0.3) is 5.91 Å². The number of hydrogen-bond acceptors (Lipinski definition) is 7. The monoisotopic (exact) mass is 632 g/mol. The number of nitrogens with zero attached hydrogens (tertiary/aromatic N) is 4. The summed E-state index contributed by atoms with van der Waals surface area (Å²) in [6.45, 7) is 10.0. The van der Waals surface area contributed by atoms with E-state index >= 15 is 4.39 Å². The number of aliphatic carboxylic acids is 1. The van der Waals surface area contributed by atoms with Crippen LogP contribution in [-0.4, -0.2) is 60.3 Å². The summed E-state index contributed by atoms with van der Waals surface area (Å²) in [6, 6.07) is 12.1. The van der Waals surface area contributed by atoms with Crippen LogP contribution in [0.5, 0.6) is 11.6 Å². The summed E-state index contributed by atoms with van der Waals surface area (Å²) in [5.74, 6) is 0.238. The average molecular weight is 633 g/mol. The topological polar surface area (TPSA) is 105 Å². The number of amides is 1. The molecule has 1 saturated heterocycles. The Balaban J connectivity index is 1.29. The second kappa shape index (κ2) is 14.1. The van der Waals surface area contributed by atoms with Crippen LogP contribution in [0.3, 0.4) is 0 Å². The van der Waals surface area contributed by atoms with E-state index in [0.717, 1.165) is 36.9 Å². The maximum absolute atomic E-state index is 15.1. The summed E-state index contributed by atoms with van der Waals surface area (Å²) in [7, 11) is 1.60. The molecule has 0 radical (unpaired) electrons. The fourth-order valence-corrected chi connectivity index (χ4v) is 6.18. The fourth-order valence-electron chi connectivity index (χ4n) is 6.18. The number of aryl methyl sites for hydroxylation is 1. The molecule has 1 N–H and O–H groups in total. The zero-order valence-corrected chi connectivity index (χ0v) is 27.5. The van der Waals surface area contributed by atoms with Gasteiger partial charge in [0.1, 0.15) is 5.75 Å². The molecule has 1 atom stereocenters. The maximum Gasteiger partial charge on any atom is 0.303 e. The number of carboxylic acid groups (broad SMARTS) is 1. The molecule has 3 heterocycles. The number of piperidine rings is 1. The van der Waals surface area contributed by atoms with Gasteiger partial charge in [0.15, 0.2) is 11.6 Å². The van der Waals surface area contributed by atoms with E-state index in [2.05, 4.69) is 14.9 Å². The minimum atomic E-state index is -0.787. The number of benzene rings is 1. The van der Waals surface area contributed by atoms with Gasteiger partial charge in [0.2, 0.25) is 5.88 Å². The number of methoxy groups -OCH3 is 1. The highest BCUT2D eigenvalue weighted by Gasteiger charge is 2.34. The van der Waals surface area contributed by atoms with Gasteiger partial charge in [-0.2, -0.15) is 0 Å². The summed E-state index contributed by atoms with van der Waals surface area (Å²) in [6.07, 6.45) is 5.62. The Morgan fingerprint density at radius 2 is 1.83 bits per heavy atom. The van der Waals surface area contributed by atoms with Crippen molar-refractivity contribution in [2.24, 2.45) is 17.3 Å². The first-order chi connectivity index (χ1) is 21.9. The predicted octanol–water partition coefficient (Wildman–Crippen LogP) is 6.89. The van der Waals surface area contributed by atoms with Crippen molar-refractivity contribution in [3.05, 3.63) is 71.3 Å². The lowest BCUT2D eigenvalue weighted by atomic mass is 9.92. The smallest absolute Gasteiger partial charge is 0.303 e. The molecule has 1 saturated carbocycles. The van der Waals surface area contributed by atoms with Gasteiger partial charge >= 0.3 is 5.97 Å². The molecular weight excluding hydrogens is 587 g/mol. The number of carboxylic acids is 1. The first-order valence-electron chi connectivity index (χ1n) is 16.1. The maximum atomic E-state index is 15.1. The third-order valence-corrected chi connectivity index (χ3v) is 8.73. The van der Waals surface area contributed by atoms with Crippen LogP contribution in [0.15, 0.2) is 48.7 Å². The number of ether oxygens (including phenoxy) is 2. The SMILES string of the molecule is COc1ccc(C(=O)N(CC(C)(C)C)c2nc(C)ccc2F)c(N2CCC(COc3cc(C(CC(=O)O)C4CC4)ccn3)CC2)c1. The Labute approximate surface area is 270 Å². The van der Waals surface area contributed by atoms with Crippen LogP contribution in [0.1, 0.15) is 80.4 Å². The minimum Gasteiger partial charge on any atom is -0.497 e. The van der Waals surface area contributed by atoms with Crippen molar-refractivity contribution in [2.75, 3.05) is 43.2 Å². The van der Waals surface area contributed by atoms with Crippen LogP contribution in [0.4, 0.5) is 15.9 Å². The van der Waals surface area contributed by atoms with Crippen molar-refractivity contribution in [2.45, 2.75) is 65.7 Å². The lowest BCUT2D eigenvalue weighted by Crippen LogP contribution is -2.41. The predicted molar refractivity (Wildman–Crippen MR) is 175 cm³/mol. The number of carbonyl (C=O) groups excluding carboxylic acids is 1. The van der Waals surface area contributed by atoms with Crippen LogP contribution in [-0.2, 0) is 4.79 Å². The fraction of sp³-hybridized carbons (Fsp3) is 0.500. The van der Waals surface area contributed by atoms with Crippen LogP contribution in [0, 0.1) is 30.0 Å². The van der Waals surface area contributed by atoms with Crippen LogP contribution in [0.2, 0.25) is 0 Å². The molecule has 46 heavy (non-hydrogen) atoms. The average Bonchev–Trinajstić information content (AvgIpc) is 3.87. The number of halogens is 1. The molecule has 246 valence electrons. The number of carbonyl (C=O) groups is 2. The number of rotatable bonds is 12. The first-order valence-corrected chi connectivity index (χ1v) is 16.1. The number of aromatic nitrogens is 2. The summed E-state index contributed by atoms with van der Waals surface area (Å²) in [5, 5.41) is 9.39. The van der Waals surface area contributed by atoms with E-state index in [0.29, 0.717) is 48.5 Å². The van der Waals surface area contributed by atoms with Crippen molar-refractivity contribution < 1.29 is 28.6 Å². The van der Waals surface area contributed by atoms with E-state index in [1.54, 1.807) is 38.4 Å². The van der Waals surface area contributed by atoms with E-state index in [4.69, 9.17) is 9.47 Å². The quantitative estimate of drug-likeness (QED) is 0.230. The van der Waals surface area contributed by atoms with Gasteiger partial charge in [-0.15, -0.1) is 0 Å². The Bertz CT molecular complexity index is 1550. The summed E-state index contributed by atoms with van der Waals surface area (Å²) >= 11 is 0. The third-order valence-electron chi connectivity index (χ3n) is 8.73. The lowest BCUT2D eigenvalue weighted by Gasteiger charge is -2.36. The summed E-state index contributed by atoms with van der Waals surface area (Å²) in [4.78, 5) is 38.1. The second-order valence-electron chi connectivity index (χ2n) is 13.8. The van der Waals surface area contributed by atoms with Gasteiger partial charge < -0.3 is 19.5 Å². The molecule has 9 nitrogen and oxygen atoms in total.